The summed E-state index contributed by atoms with van der Waals surface area (Å²) in [5, 5.41) is -5.84. The second-order valence-electron chi connectivity index (χ2n) is 3.50. The van der Waals surface area contributed by atoms with Gasteiger partial charge in [0.2, 0.25) is 0 Å². The number of rotatable bonds is 6. The third kappa shape index (κ3) is 7.04. The summed E-state index contributed by atoms with van der Waals surface area (Å²) in [4.78, 5) is 0. The largest absolute Gasteiger partial charge is 1.00 e. The first-order chi connectivity index (χ1) is 7.71. The first-order valence-corrected chi connectivity index (χ1v) is 5.89. The molecule has 0 aliphatic carbocycles. The van der Waals surface area contributed by atoms with Gasteiger partial charge in [-0.1, -0.05) is 0 Å². The molecule has 0 aromatic heterocycles. The molecule has 0 aromatic carbocycles. The zero-order valence-corrected chi connectivity index (χ0v) is 13.5. The fourth-order valence-corrected chi connectivity index (χ4v) is 1.47. The number of halogens is 7. The van der Waals surface area contributed by atoms with Crippen molar-refractivity contribution in [3.63, 3.8) is 0 Å². The number of hydrogen-bond acceptors (Lipinski definition) is 3. The molecule has 0 saturated carbocycles. The van der Waals surface area contributed by atoms with Gasteiger partial charge >= 0.3 is 68.7 Å². The molecule has 0 saturated heterocycles. The fourth-order valence-electron chi connectivity index (χ4n) is 1.00. The van der Waals surface area contributed by atoms with E-state index in [1.807, 2.05) is 0 Å². The average molecular weight is 344 g/mol. The molecular weight excluding hydrogens is 336 g/mol. The maximum absolute atomic E-state index is 12.7. The van der Waals surface area contributed by atoms with Gasteiger partial charge in [-0.05, 0) is 12.8 Å². The summed E-state index contributed by atoms with van der Waals surface area (Å²) in [5.41, 5.74) is 0. The van der Waals surface area contributed by atoms with Crippen molar-refractivity contribution in [2.75, 3.05) is 0 Å². The molecule has 0 aliphatic heterocycles. The van der Waals surface area contributed by atoms with Gasteiger partial charge in [0.15, 0.2) is 10.1 Å². The first kappa shape index (κ1) is 22.3. The van der Waals surface area contributed by atoms with Crippen LogP contribution in [0.2, 0.25) is 0 Å². The molecule has 0 N–H and O–H groups in total. The van der Waals surface area contributed by atoms with E-state index in [2.05, 4.69) is 0 Å². The van der Waals surface area contributed by atoms with Crippen LogP contribution in [0.3, 0.4) is 0 Å². The summed E-state index contributed by atoms with van der Waals surface area (Å²) in [7, 11) is -6.58. The van der Waals surface area contributed by atoms with Gasteiger partial charge in [-0.2, -0.15) is 30.7 Å². The van der Waals surface area contributed by atoms with Gasteiger partial charge in [0, 0.05) is 12.8 Å². The molecule has 0 fully saturated rings. The number of alkyl halides is 7. The van der Waals surface area contributed by atoms with E-state index in [4.69, 9.17) is 0 Å². The van der Waals surface area contributed by atoms with Crippen molar-refractivity contribution in [3.8, 4) is 0 Å². The summed E-state index contributed by atoms with van der Waals surface area (Å²) < 4.78 is 115. The van der Waals surface area contributed by atoms with Crippen molar-refractivity contribution >= 4 is 10.1 Å². The van der Waals surface area contributed by atoms with E-state index in [9.17, 15) is 43.7 Å². The Morgan fingerprint density at radius 3 is 1.53 bits per heavy atom. The van der Waals surface area contributed by atoms with Crippen LogP contribution in [-0.4, -0.2) is 30.3 Å². The minimum absolute atomic E-state index is 0. The van der Waals surface area contributed by atoms with Crippen LogP contribution in [0.15, 0.2) is 0 Å². The van der Waals surface area contributed by atoms with Crippen LogP contribution in [-0.2, 0) is 10.1 Å². The molecule has 19 heavy (non-hydrogen) atoms. The SMILES string of the molecule is O=S(=O)([O-])C(F)(F)C(F)(F)CCCCC(F)(F)F.[K+]. The summed E-state index contributed by atoms with van der Waals surface area (Å²) >= 11 is 0. The predicted octanol–water partition coefficient (Wildman–Crippen LogP) is -0.114. The molecule has 0 unspecified atom stereocenters. The Labute approximate surface area is 147 Å². The van der Waals surface area contributed by atoms with Gasteiger partial charge in [-0.25, -0.2) is 8.42 Å². The minimum Gasteiger partial charge on any atom is -0.743 e. The maximum Gasteiger partial charge on any atom is 1.00 e. The predicted molar refractivity (Wildman–Crippen MR) is 44.1 cm³/mol. The smallest absolute Gasteiger partial charge is 0.743 e. The van der Waals surface area contributed by atoms with Crippen LogP contribution < -0.4 is 51.4 Å². The maximum atomic E-state index is 12.7. The zero-order valence-electron chi connectivity index (χ0n) is 9.61. The van der Waals surface area contributed by atoms with Crippen molar-refractivity contribution in [1.82, 2.24) is 0 Å². The zero-order chi connectivity index (χ0) is 14.8. The van der Waals surface area contributed by atoms with E-state index in [0.717, 1.165) is 0 Å². The summed E-state index contributed by atoms with van der Waals surface area (Å²) in [6.07, 6.45) is -9.76. The van der Waals surface area contributed by atoms with Crippen LogP contribution in [0, 0.1) is 0 Å². The topological polar surface area (TPSA) is 57.2 Å². The third-order valence-electron chi connectivity index (χ3n) is 1.94. The van der Waals surface area contributed by atoms with E-state index in [-0.39, 0.29) is 51.4 Å². The first-order valence-electron chi connectivity index (χ1n) is 4.48. The van der Waals surface area contributed by atoms with Gasteiger partial charge in [0.1, 0.15) is 0 Å². The van der Waals surface area contributed by atoms with E-state index >= 15 is 0 Å². The number of unbranched alkanes of at least 4 members (excludes halogenated alkanes) is 1. The van der Waals surface area contributed by atoms with Gasteiger partial charge < -0.3 is 4.55 Å². The van der Waals surface area contributed by atoms with Crippen molar-refractivity contribution in [2.24, 2.45) is 0 Å². The number of hydrogen-bond donors (Lipinski definition) is 0. The molecule has 12 heteroatoms. The van der Waals surface area contributed by atoms with Gasteiger partial charge in [0.05, 0.1) is 0 Å². The summed E-state index contributed by atoms with van der Waals surface area (Å²) in [6, 6.07) is 0. The molecular formula is C7H8F7KO3S. The second-order valence-corrected chi connectivity index (χ2v) is 4.92. The Hall–Kier alpha value is 1.06. The third-order valence-corrected chi connectivity index (χ3v) is 2.87. The monoisotopic (exact) mass is 344 g/mol. The van der Waals surface area contributed by atoms with Gasteiger partial charge in [-0.15, -0.1) is 0 Å². The Bertz CT molecular complexity index is 379. The molecule has 0 aromatic rings. The molecule has 0 bridgehead atoms. The molecule has 0 rings (SSSR count). The van der Waals surface area contributed by atoms with Crippen LogP contribution in [0.5, 0.6) is 0 Å². The van der Waals surface area contributed by atoms with E-state index in [1.165, 1.54) is 0 Å². The van der Waals surface area contributed by atoms with Crippen molar-refractivity contribution < 1.29 is 95.1 Å². The molecule has 0 amide bonds. The molecule has 0 atom stereocenters. The van der Waals surface area contributed by atoms with Crippen LogP contribution in [0.4, 0.5) is 30.7 Å². The molecule has 0 spiro atoms. The van der Waals surface area contributed by atoms with Crippen molar-refractivity contribution in [3.05, 3.63) is 0 Å². The molecule has 110 valence electrons. The van der Waals surface area contributed by atoms with Crippen LogP contribution >= 0.6 is 0 Å². The molecule has 0 aliphatic rings. The summed E-state index contributed by atoms with van der Waals surface area (Å²) in [5.74, 6) is -5.20. The van der Waals surface area contributed by atoms with Crippen LogP contribution in [0.1, 0.15) is 25.7 Å². The van der Waals surface area contributed by atoms with Gasteiger partial charge in [-0.3, -0.25) is 0 Å². The quantitative estimate of drug-likeness (QED) is 0.292. The fraction of sp³-hybridized carbons (Fsp3) is 1.00. The second kappa shape index (κ2) is 7.36. The Morgan fingerprint density at radius 2 is 1.21 bits per heavy atom. The average Bonchev–Trinajstić information content (AvgIpc) is 2.09. The Kier molecular flexibility index (Phi) is 8.65. The molecule has 0 radical (unpaired) electrons. The Balaban J connectivity index is 0. The molecule has 3 nitrogen and oxygen atoms in total. The Morgan fingerprint density at radius 1 is 0.842 bits per heavy atom. The minimum atomic E-state index is -6.58. The molecule has 0 heterocycles. The van der Waals surface area contributed by atoms with E-state index in [1.54, 1.807) is 0 Å². The van der Waals surface area contributed by atoms with Crippen molar-refractivity contribution in [2.45, 2.75) is 43.0 Å². The van der Waals surface area contributed by atoms with Crippen molar-refractivity contribution in [1.29, 1.82) is 0 Å². The van der Waals surface area contributed by atoms with Crippen LogP contribution in [0.25, 0.3) is 0 Å². The normalized spacial score (nSPS) is 14.1. The van der Waals surface area contributed by atoms with E-state index in [0.29, 0.717) is 0 Å². The summed E-state index contributed by atoms with van der Waals surface area (Å²) in [6.45, 7) is 0. The van der Waals surface area contributed by atoms with E-state index < -0.39 is 53.2 Å². The standard InChI is InChI=1S/C7H9F7O3S.K/c8-5(9,7(13,14)18(15,16)17)3-1-2-4-6(10,11)12;/h1-4H2,(H,15,16,17);/q;+1/p-1. The van der Waals surface area contributed by atoms with Gasteiger partial charge in [0.25, 0.3) is 0 Å².